The lowest BCUT2D eigenvalue weighted by molar-refractivity contribution is -0.138. The van der Waals surface area contributed by atoms with Crippen LogP contribution in [-0.4, -0.2) is 90.1 Å². The molecule has 0 unspecified atom stereocenters. The standard InChI is InChI=1S/C42H63N5O7/c1-29-26-47(30(2)28-48)42(52)34-25-33(44-39(49)20-9-6-10-21-40(50)45-36-19-12-11-18-35(36)43)22-23-37(34)54-31(3)15-13-14-24-53-38(29)27-46(4)41(51)32-16-7-5-8-17-32/h11-12,18-19,22-23,25,29-32,38,48H,5-10,13-17,20-21,24,26-28,43H2,1-4H3,(H,44,49)(H,45,50)/t29-,30+,31-,38+/m1/s1. The highest BCUT2D eigenvalue weighted by molar-refractivity contribution is 6.00. The van der Waals surface area contributed by atoms with Crippen molar-refractivity contribution < 1.29 is 33.8 Å². The zero-order valence-corrected chi connectivity index (χ0v) is 32.8. The minimum atomic E-state index is -0.509. The molecule has 12 heteroatoms. The van der Waals surface area contributed by atoms with Gasteiger partial charge in [-0.15, -0.1) is 0 Å². The second kappa shape index (κ2) is 21.7. The van der Waals surface area contributed by atoms with E-state index < -0.39 is 6.04 Å². The Labute approximate surface area is 321 Å². The van der Waals surface area contributed by atoms with Gasteiger partial charge in [0.05, 0.1) is 41.8 Å². The summed E-state index contributed by atoms with van der Waals surface area (Å²) in [5, 5.41) is 16.0. The SMILES string of the molecule is C[C@@H]1CCCCO[C@@H](CN(C)C(=O)C2CCCCC2)[C@H](C)CN([C@@H](C)CO)C(=O)c2cc(NC(=O)CCCCCC(=O)Nc3ccccc3N)ccc2O1. The second-order valence-corrected chi connectivity index (χ2v) is 15.3. The van der Waals surface area contributed by atoms with Crippen LogP contribution in [0.2, 0.25) is 0 Å². The molecule has 2 aliphatic rings. The van der Waals surface area contributed by atoms with Crippen LogP contribution in [0.15, 0.2) is 42.5 Å². The molecule has 2 aromatic rings. The summed E-state index contributed by atoms with van der Waals surface area (Å²) in [7, 11) is 1.85. The first kappa shape index (κ1) is 42.6. The fourth-order valence-corrected chi connectivity index (χ4v) is 7.28. The number of nitrogens with zero attached hydrogens (tertiary/aromatic N) is 2. The predicted octanol–water partition coefficient (Wildman–Crippen LogP) is 6.63. The average molecular weight is 750 g/mol. The number of amides is 4. The van der Waals surface area contributed by atoms with E-state index in [2.05, 4.69) is 10.6 Å². The van der Waals surface area contributed by atoms with Crippen LogP contribution in [0.25, 0.3) is 0 Å². The molecule has 1 fully saturated rings. The van der Waals surface area contributed by atoms with E-state index in [1.165, 1.54) is 6.42 Å². The number of hydrogen-bond acceptors (Lipinski definition) is 8. The van der Waals surface area contributed by atoms with E-state index in [1.54, 1.807) is 47.1 Å². The normalized spacial score (nSPS) is 20.9. The monoisotopic (exact) mass is 749 g/mol. The minimum absolute atomic E-state index is 0.0526. The van der Waals surface area contributed by atoms with E-state index in [0.717, 1.165) is 44.9 Å². The maximum Gasteiger partial charge on any atom is 0.258 e. The average Bonchev–Trinajstić information content (AvgIpc) is 3.16. The lowest BCUT2D eigenvalue weighted by Crippen LogP contribution is -2.48. The molecule has 12 nitrogen and oxygen atoms in total. The molecule has 1 aliphatic heterocycles. The maximum absolute atomic E-state index is 14.5. The number of nitrogen functional groups attached to an aromatic ring is 1. The highest BCUT2D eigenvalue weighted by atomic mass is 16.5. The molecular weight excluding hydrogens is 686 g/mol. The zero-order chi connectivity index (χ0) is 39.0. The Bertz CT molecular complexity index is 1530. The number of rotatable bonds is 13. The fraction of sp³-hybridized carbons (Fsp3) is 0.619. The number of hydrogen-bond donors (Lipinski definition) is 4. The molecule has 1 saturated carbocycles. The molecule has 2 aromatic carbocycles. The summed E-state index contributed by atoms with van der Waals surface area (Å²) >= 11 is 0. The summed E-state index contributed by atoms with van der Waals surface area (Å²) < 4.78 is 12.8. The first-order chi connectivity index (χ1) is 26.0. The Morgan fingerprint density at radius 3 is 2.33 bits per heavy atom. The first-order valence-electron chi connectivity index (χ1n) is 20.0. The van der Waals surface area contributed by atoms with E-state index in [0.29, 0.717) is 73.8 Å². The highest BCUT2D eigenvalue weighted by Crippen LogP contribution is 2.30. The Morgan fingerprint density at radius 2 is 1.63 bits per heavy atom. The third kappa shape index (κ3) is 13.0. The van der Waals surface area contributed by atoms with Gasteiger partial charge in [-0.05, 0) is 89.1 Å². The largest absolute Gasteiger partial charge is 0.490 e. The molecule has 4 amide bonds. The smallest absolute Gasteiger partial charge is 0.258 e. The molecule has 298 valence electrons. The van der Waals surface area contributed by atoms with Crippen LogP contribution in [0, 0.1) is 11.8 Å². The number of para-hydroxylation sites is 2. The summed E-state index contributed by atoms with van der Waals surface area (Å²) in [5.74, 6) is -0.153. The Kier molecular flexibility index (Phi) is 17.1. The summed E-state index contributed by atoms with van der Waals surface area (Å²) in [5.41, 5.74) is 7.78. The molecule has 0 aromatic heterocycles. The number of ether oxygens (including phenoxy) is 2. The van der Waals surface area contributed by atoms with Crippen molar-refractivity contribution in [3.63, 3.8) is 0 Å². The molecule has 0 bridgehead atoms. The quantitative estimate of drug-likeness (QED) is 0.131. The van der Waals surface area contributed by atoms with Gasteiger partial charge in [-0.2, -0.15) is 0 Å². The van der Waals surface area contributed by atoms with Crippen molar-refractivity contribution in [2.45, 2.75) is 122 Å². The van der Waals surface area contributed by atoms with E-state index in [9.17, 15) is 24.3 Å². The maximum atomic E-state index is 14.5. The Balaban J connectivity index is 1.42. The van der Waals surface area contributed by atoms with Gasteiger partial charge in [0.1, 0.15) is 5.75 Å². The van der Waals surface area contributed by atoms with Crippen molar-refractivity contribution in [3.8, 4) is 5.75 Å². The molecule has 4 atom stereocenters. The van der Waals surface area contributed by atoms with E-state index in [1.807, 2.05) is 33.0 Å². The predicted molar refractivity (Wildman–Crippen MR) is 212 cm³/mol. The molecule has 5 N–H and O–H groups in total. The van der Waals surface area contributed by atoms with Gasteiger partial charge in [0, 0.05) is 57.1 Å². The molecule has 1 aliphatic carbocycles. The number of aliphatic hydroxyl groups excluding tert-OH is 1. The fourth-order valence-electron chi connectivity index (χ4n) is 7.28. The van der Waals surface area contributed by atoms with E-state index in [4.69, 9.17) is 15.2 Å². The third-order valence-electron chi connectivity index (χ3n) is 10.7. The van der Waals surface area contributed by atoms with Crippen LogP contribution < -0.4 is 21.1 Å². The number of aliphatic hydroxyl groups is 1. The number of unbranched alkanes of at least 4 members (excludes halogenated alkanes) is 2. The van der Waals surface area contributed by atoms with Crippen molar-refractivity contribution in [2.75, 3.05) is 49.7 Å². The van der Waals surface area contributed by atoms with Crippen molar-refractivity contribution in [1.82, 2.24) is 9.80 Å². The molecule has 0 saturated heterocycles. The van der Waals surface area contributed by atoms with Crippen molar-refractivity contribution in [2.24, 2.45) is 11.8 Å². The molecule has 0 radical (unpaired) electrons. The molecule has 4 rings (SSSR count). The van der Waals surface area contributed by atoms with Crippen LogP contribution in [-0.2, 0) is 19.1 Å². The zero-order valence-electron chi connectivity index (χ0n) is 32.8. The van der Waals surface area contributed by atoms with Gasteiger partial charge in [0.25, 0.3) is 5.91 Å². The lowest BCUT2D eigenvalue weighted by atomic mass is 9.88. The Morgan fingerprint density at radius 1 is 0.944 bits per heavy atom. The number of likely N-dealkylation sites (N-methyl/N-ethyl adjacent to an activating group) is 1. The molecule has 1 heterocycles. The van der Waals surface area contributed by atoms with Gasteiger partial charge in [-0.25, -0.2) is 0 Å². The van der Waals surface area contributed by atoms with E-state index in [-0.39, 0.29) is 60.7 Å². The number of fused-ring (bicyclic) bond motifs is 1. The van der Waals surface area contributed by atoms with Crippen LogP contribution >= 0.6 is 0 Å². The number of anilines is 3. The Hall–Kier alpha value is -4.16. The topological polar surface area (TPSA) is 164 Å². The molecule has 54 heavy (non-hydrogen) atoms. The van der Waals surface area contributed by atoms with Crippen LogP contribution in [0.3, 0.4) is 0 Å². The number of carbonyl (C=O) groups is 4. The highest BCUT2D eigenvalue weighted by Gasteiger charge is 2.32. The van der Waals surface area contributed by atoms with Crippen molar-refractivity contribution >= 4 is 40.7 Å². The van der Waals surface area contributed by atoms with Gasteiger partial charge in [-0.3, -0.25) is 19.2 Å². The second-order valence-electron chi connectivity index (χ2n) is 15.3. The van der Waals surface area contributed by atoms with Gasteiger partial charge in [0.2, 0.25) is 17.7 Å². The van der Waals surface area contributed by atoms with Crippen molar-refractivity contribution in [1.29, 1.82) is 0 Å². The van der Waals surface area contributed by atoms with Gasteiger partial charge in [0.15, 0.2) is 0 Å². The summed E-state index contributed by atoms with van der Waals surface area (Å²) in [6.45, 7) is 6.82. The number of nitrogens with two attached hydrogens (primary N) is 1. The summed E-state index contributed by atoms with van der Waals surface area (Å²) in [6.07, 6.45) is 9.69. The van der Waals surface area contributed by atoms with Crippen LogP contribution in [0.4, 0.5) is 17.1 Å². The minimum Gasteiger partial charge on any atom is -0.490 e. The van der Waals surface area contributed by atoms with Gasteiger partial charge < -0.3 is 40.7 Å². The number of nitrogens with one attached hydrogen (secondary N) is 2. The van der Waals surface area contributed by atoms with Gasteiger partial charge in [-0.1, -0.05) is 44.7 Å². The van der Waals surface area contributed by atoms with Crippen molar-refractivity contribution in [3.05, 3.63) is 48.0 Å². The molecular formula is C42H63N5O7. The van der Waals surface area contributed by atoms with Gasteiger partial charge >= 0.3 is 0 Å². The van der Waals surface area contributed by atoms with Crippen LogP contribution in [0.1, 0.15) is 115 Å². The van der Waals surface area contributed by atoms with E-state index >= 15 is 0 Å². The molecule has 0 spiro atoms. The third-order valence-corrected chi connectivity index (χ3v) is 10.7. The summed E-state index contributed by atoms with van der Waals surface area (Å²) in [6, 6.07) is 11.7. The summed E-state index contributed by atoms with van der Waals surface area (Å²) in [4.78, 5) is 56.6. The number of carbonyl (C=O) groups excluding carboxylic acids is 4. The number of benzene rings is 2. The first-order valence-corrected chi connectivity index (χ1v) is 20.0. The lowest BCUT2D eigenvalue weighted by Gasteiger charge is -2.36. The van der Waals surface area contributed by atoms with Crippen LogP contribution in [0.5, 0.6) is 5.75 Å².